The molecule has 0 fully saturated rings. The van der Waals surface area contributed by atoms with Gasteiger partial charge in [-0.05, 0) is 31.2 Å². The Kier molecular flexibility index (Phi) is 4.27. The Bertz CT molecular complexity index is 565. The Labute approximate surface area is 115 Å². The summed E-state index contributed by atoms with van der Waals surface area (Å²) in [5.74, 6) is -0.210. The van der Waals surface area contributed by atoms with Crippen molar-refractivity contribution in [2.24, 2.45) is 0 Å². The predicted octanol–water partition coefficient (Wildman–Crippen LogP) is 3.71. The molecule has 0 N–H and O–H groups in total. The number of anilines is 1. The summed E-state index contributed by atoms with van der Waals surface area (Å²) >= 11 is 1.43. The molecule has 1 aromatic carbocycles. The maximum atomic E-state index is 12.9. The van der Waals surface area contributed by atoms with E-state index in [1.807, 2.05) is 19.2 Å². The number of aromatic nitrogens is 1. The Morgan fingerprint density at radius 3 is 2.58 bits per heavy atom. The second-order valence-electron chi connectivity index (χ2n) is 4.01. The van der Waals surface area contributed by atoms with Crippen LogP contribution in [-0.2, 0) is 4.79 Å². The number of benzene rings is 1. The zero-order valence-electron chi connectivity index (χ0n) is 10.9. The van der Waals surface area contributed by atoms with Crippen molar-refractivity contribution in [3.8, 4) is 11.3 Å². The fourth-order valence-corrected chi connectivity index (χ4v) is 2.67. The topological polar surface area (TPSA) is 33.2 Å². The molecule has 0 bridgehead atoms. The van der Waals surface area contributed by atoms with Gasteiger partial charge < -0.3 is 0 Å². The molecule has 3 nitrogen and oxygen atoms in total. The van der Waals surface area contributed by atoms with Gasteiger partial charge >= 0.3 is 0 Å². The summed E-state index contributed by atoms with van der Waals surface area (Å²) in [6, 6.07) is 6.18. The van der Waals surface area contributed by atoms with Crippen LogP contribution in [0.5, 0.6) is 0 Å². The second-order valence-corrected chi connectivity index (χ2v) is 4.85. The molecular weight excluding hydrogens is 263 g/mol. The predicted molar refractivity (Wildman–Crippen MR) is 75.8 cm³/mol. The first-order valence-electron chi connectivity index (χ1n) is 6.17. The Morgan fingerprint density at radius 2 is 2.00 bits per heavy atom. The van der Waals surface area contributed by atoms with E-state index >= 15 is 0 Å². The Morgan fingerprint density at radius 1 is 1.32 bits per heavy atom. The number of carbonyl (C=O) groups is 1. The fourth-order valence-electron chi connectivity index (χ4n) is 1.75. The lowest BCUT2D eigenvalue weighted by molar-refractivity contribution is -0.118. The molecule has 100 valence electrons. The van der Waals surface area contributed by atoms with E-state index in [4.69, 9.17) is 0 Å². The second kappa shape index (κ2) is 5.93. The van der Waals surface area contributed by atoms with Crippen molar-refractivity contribution < 1.29 is 9.18 Å². The van der Waals surface area contributed by atoms with E-state index in [1.54, 1.807) is 17.0 Å². The minimum absolute atomic E-state index is 0.0579. The van der Waals surface area contributed by atoms with Crippen molar-refractivity contribution in [1.82, 2.24) is 4.98 Å². The highest BCUT2D eigenvalue weighted by atomic mass is 32.1. The molecule has 0 spiro atoms. The van der Waals surface area contributed by atoms with Gasteiger partial charge in [0.25, 0.3) is 0 Å². The summed E-state index contributed by atoms with van der Waals surface area (Å²) in [4.78, 5) is 17.9. The van der Waals surface area contributed by atoms with Gasteiger partial charge in [-0.15, -0.1) is 11.3 Å². The van der Waals surface area contributed by atoms with Gasteiger partial charge in [0.2, 0.25) is 5.91 Å². The van der Waals surface area contributed by atoms with Crippen molar-refractivity contribution in [3.05, 3.63) is 35.5 Å². The normalized spacial score (nSPS) is 10.5. The lowest BCUT2D eigenvalue weighted by Crippen LogP contribution is -2.29. The molecule has 1 heterocycles. The first kappa shape index (κ1) is 13.7. The van der Waals surface area contributed by atoms with Crippen molar-refractivity contribution in [3.63, 3.8) is 0 Å². The number of hydrogen-bond acceptors (Lipinski definition) is 3. The molecule has 5 heteroatoms. The Hall–Kier alpha value is -1.75. The van der Waals surface area contributed by atoms with Crippen molar-refractivity contribution in [2.45, 2.75) is 20.3 Å². The molecule has 0 atom stereocenters. The molecule has 1 amide bonds. The van der Waals surface area contributed by atoms with Crippen LogP contribution in [0.2, 0.25) is 0 Å². The minimum Gasteiger partial charge on any atom is -0.288 e. The number of halogens is 1. The number of amides is 1. The molecule has 0 saturated carbocycles. The summed E-state index contributed by atoms with van der Waals surface area (Å²) in [5, 5.41) is 2.57. The third-order valence-electron chi connectivity index (χ3n) is 2.78. The lowest BCUT2D eigenvalue weighted by atomic mass is 10.2. The van der Waals surface area contributed by atoms with Gasteiger partial charge in [0.05, 0.1) is 5.69 Å². The average molecular weight is 278 g/mol. The molecule has 1 aromatic heterocycles. The lowest BCUT2D eigenvalue weighted by Gasteiger charge is -2.16. The highest BCUT2D eigenvalue weighted by Gasteiger charge is 2.16. The molecular formula is C14H15FN2OS. The molecule has 0 aliphatic rings. The third-order valence-corrected chi connectivity index (χ3v) is 3.65. The average Bonchev–Trinajstić information content (AvgIpc) is 2.89. The zero-order valence-corrected chi connectivity index (χ0v) is 11.7. The summed E-state index contributed by atoms with van der Waals surface area (Å²) in [7, 11) is 0. The largest absolute Gasteiger partial charge is 0.288 e. The monoisotopic (exact) mass is 278 g/mol. The van der Waals surface area contributed by atoms with Crippen LogP contribution in [0.4, 0.5) is 9.52 Å². The summed E-state index contributed by atoms with van der Waals surface area (Å²) in [6.45, 7) is 4.36. The van der Waals surface area contributed by atoms with E-state index in [9.17, 15) is 9.18 Å². The van der Waals surface area contributed by atoms with Gasteiger partial charge in [-0.25, -0.2) is 9.37 Å². The van der Waals surface area contributed by atoms with Gasteiger partial charge in [0.15, 0.2) is 5.13 Å². The van der Waals surface area contributed by atoms with Crippen LogP contribution in [0.15, 0.2) is 29.6 Å². The van der Waals surface area contributed by atoms with Crippen LogP contribution in [0.1, 0.15) is 20.3 Å². The number of nitrogens with zero attached hydrogens (tertiary/aromatic N) is 2. The third kappa shape index (κ3) is 2.98. The van der Waals surface area contributed by atoms with Crippen molar-refractivity contribution >= 4 is 22.4 Å². The number of hydrogen-bond donors (Lipinski definition) is 0. The van der Waals surface area contributed by atoms with E-state index < -0.39 is 0 Å². The fraction of sp³-hybridized carbons (Fsp3) is 0.286. The molecule has 0 saturated heterocycles. The van der Waals surface area contributed by atoms with E-state index in [0.29, 0.717) is 18.1 Å². The molecule has 2 rings (SSSR count). The van der Waals surface area contributed by atoms with Gasteiger partial charge in [0, 0.05) is 23.9 Å². The van der Waals surface area contributed by atoms with Gasteiger partial charge in [0.1, 0.15) is 5.82 Å². The molecule has 0 aliphatic heterocycles. The number of rotatable bonds is 4. The van der Waals surface area contributed by atoms with E-state index in [1.165, 1.54) is 23.5 Å². The maximum Gasteiger partial charge on any atom is 0.228 e. The van der Waals surface area contributed by atoms with Gasteiger partial charge in [-0.1, -0.05) is 6.92 Å². The number of thiazole rings is 1. The standard InChI is InChI=1S/C14H15FN2OS/c1-3-13(18)17(4-2)14-16-12(9-19-14)10-5-7-11(15)8-6-10/h5-9H,3-4H2,1-2H3. The maximum absolute atomic E-state index is 12.9. The molecule has 19 heavy (non-hydrogen) atoms. The smallest absolute Gasteiger partial charge is 0.228 e. The Balaban J connectivity index is 2.27. The molecule has 0 aliphatic carbocycles. The van der Waals surface area contributed by atoms with Crippen LogP contribution >= 0.6 is 11.3 Å². The summed E-state index contributed by atoms with van der Waals surface area (Å²) < 4.78 is 12.9. The first-order valence-corrected chi connectivity index (χ1v) is 7.05. The van der Waals surface area contributed by atoms with E-state index in [-0.39, 0.29) is 11.7 Å². The van der Waals surface area contributed by atoms with Crippen LogP contribution in [0.25, 0.3) is 11.3 Å². The highest BCUT2D eigenvalue weighted by molar-refractivity contribution is 7.14. The van der Waals surface area contributed by atoms with Crippen LogP contribution in [0, 0.1) is 5.82 Å². The van der Waals surface area contributed by atoms with Crippen LogP contribution in [-0.4, -0.2) is 17.4 Å². The van der Waals surface area contributed by atoms with Crippen LogP contribution in [0.3, 0.4) is 0 Å². The van der Waals surface area contributed by atoms with E-state index in [2.05, 4.69) is 4.98 Å². The van der Waals surface area contributed by atoms with Crippen LogP contribution < -0.4 is 4.90 Å². The summed E-state index contributed by atoms with van der Waals surface area (Å²) in [6.07, 6.45) is 0.458. The SMILES string of the molecule is CCC(=O)N(CC)c1nc(-c2ccc(F)cc2)cs1. The minimum atomic E-state index is -0.268. The first-order chi connectivity index (χ1) is 9.15. The van der Waals surface area contributed by atoms with Gasteiger partial charge in [-0.3, -0.25) is 9.69 Å². The zero-order chi connectivity index (χ0) is 13.8. The molecule has 2 aromatic rings. The molecule has 0 unspecified atom stereocenters. The number of carbonyl (C=O) groups excluding carboxylic acids is 1. The van der Waals surface area contributed by atoms with E-state index in [0.717, 1.165) is 11.3 Å². The van der Waals surface area contributed by atoms with Gasteiger partial charge in [-0.2, -0.15) is 0 Å². The summed E-state index contributed by atoms with van der Waals surface area (Å²) in [5.41, 5.74) is 1.62. The highest BCUT2D eigenvalue weighted by Crippen LogP contribution is 2.27. The van der Waals surface area contributed by atoms with Crippen molar-refractivity contribution in [1.29, 1.82) is 0 Å². The molecule has 0 radical (unpaired) electrons. The van der Waals surface area contributed by atoms with Crippen molar-refractivity contribution in [2.75, 3.05) is 11.4 Å². The quantitative estimate of drug-likeness (QED) is 0.854.